The zero-order chi connectivity index (χ0) is 14.5. The molecule has 0 fully saturated rings. The van der Waals surface area contributed by atoms with E-state index in [0.717, 1.165) is 18.7 Å². The molecule has 1 atom stereocenters. The lowest BCUT2D eigenvalue weighted by Gasteiger charge is -2.13. The van der Waals surface area contributed by atoms with Gasteiger partial charge in [0.25, 0.3) is 0 Å². The highest BCUT2D eigenvalue weighted by atomic mass is 32.1. The van der Waals surface area contributed by atoms with Crippen molar-refractivity contribution < 1.29 is 0 Å². The van der Waals surface area contributed by atoms with Gasteiger partial charge in [0.05, 0.1) is 6.33 Å². The van der Waals surface area contributed by atoms with Gasteiger partial charge in [-0.25, -0.2) is 4.98 Å². The summed E-state index contributed by atoms with van der Waals surface area (Å²) in [6.07, 6.45) is 6.64. The zero-order valence-corrected chi connectivity index (χ0v) is 12.9. The third-order valence-corrected chi connectivity index (χ3v) is 4.25. The highest BCUT2D eigenvalue weighted by Crippen LogP contribution is 2.11. The molecule has 1 unspecified atom stereocenters. The van der Waals surface area contributed by atoms with Crippen LogP contribution in [-0.4, -0.2) is 15.6 Å². The van der Waals surface area contributed by atoms with Crippen molar-refractivity contribution in [2.75, 3.05) is 0 Å². The molecular formula is C17H19N3S. The number of nitrogens with one attached hydrogen (secondary N) is 1. The lowest BCUT2D eigenvalue weighted by molar-refractivity contribution is 0.546. The molecule has 108 valence electrons. The molecule has 21 heavy (non-hydrogen) atoms. The van der Waals surface area contributed by atoms with E-state index in [1.807, 2.05) is 17.1 Å². The molecule has 0 bridgehead atoms. The van der Waals surface area contributed by atoms with Gasteiger partial charge in [-0.15, -0.1) is 0 Å². The minimum absolute atomic E-state index is 0.480. The van der Waals surface area contributed by atoms with Crippen molar-refractivity contribution in [1.29, 1.82) is 0 Å². The second-order valence-electron chi connectivity index (χ2n) is 5.25. The minimum Gasteiger partial charge on any atom is -0.310 e. The Kier molecular flexibility index (Phi) is 4.48. The molecule has 2 heterocycles. The Labute approximate surface area is 129 Å². The van der Waals surface area contributed by atoms with Crippen molar-refractivity contribution in [3.05, 3.63) is 70.9 Å². The van der Waals surface area contributed by atoms with Crippen LogP contribution in [0.4, 0.5) is 0 Å². The van der Waals surface area contributed by atoms with Gasteiger partial charge in [0.15, 0.2) is 0 Å². The van der Waals surface area contributed by atoms with Gasteiger partial charge in [-0.2, -0.15) is 11.3 Å². The molecule has 1 aromatic carbocycles. The van der Waals surface area contributed by atoms with Crippen molar-refractivity contribution >= 4 is 11.3 Å². The fourth-order valence-corrected chi connectivity index (χ4v) is 3.01. The van der Waals surface area contributed by atoms with E-state index in [1.54, 1.807) is 17.5 Å². The number of rotatable bonds is 6. The van der Waals surface area contributed by atoms with Crippen molar-refractivity contribution in [2.24, 2.45) is 0 Å². The fourth-order valence-electron chi connectivity index (χ4n) is 2.32. The fraction of sp³-hybridized carbons (Fsp3) is 0.235. The normalized spacial score (nSPS) is 12.4. The molecule has 3 nitrogen and oxygen atoms in total. The SMILES string of the molecule is CC(Cc1ccsc1)NCc1ccc(-n2ccnc2)cc1. The van der Waals surface area contributed by atoms with Crippen LogP contribution in [0.3, 0.4) is 0 Å². The Hall–Kier alpha value is -1.91. The minimum atomic E-state index is 0.480. The molecule has 4 heteroatoms. The molecule has 0 saturated heterocycles. The van der Waals surface area contributed by atoms with E-state index in [1.165, 1.54) is 11.1 Å². The predicted molar refractivity (Wildman–Crippen MR) is 87.9 cm³/mol. The molecule has 1 N–H and O–H groups in total. The smallest absolute Gasteiger partial charge is 0.0991 e. The first-order chi connectivity index (χ1) is 10.3. The van der Waals surface area contributed by atoms with Gasteiger partial charge in [0.1, 0.15) is 0 Å². The monoisotopic (exact) mass is 297 g/mol. The van der Waals surface area contributed by atoms with Crippen LogP contribution in [0.25, 0.3) is 5.69 Å². The van der Waals surface area contributed by atoms with Crippen LogP contribution in [-0.2, 0) is 13.0 Å². The average molecular weight is 297 g/mol. The van der Waals surface area contributed by atoms with E-state index in [-0.39, 0.29) is 0 Å². The predicted octanol–water partition coefficient (Wildman–Crippen LogP) is 3.65. The van der Waals surface area contributed by atoms with Crippen LogP contribution in [0, 0.1) is 0 Å². The summed E-state index contributed by atoms with van der Waals surface area (Å²) >= 11 is 1.76. The molecule has 0 radical (unpaired) electrons. The molecule has 0 saturated carbocycles. The molecular weight excluding hydrogens is 278 g/mol. The van der Waals surface area contributed by atoms with E-state index >= 15 is 0 Å². The number of benzene rings is 1. The van der Waals surface area contributed by atoms with Gasteiger partial charge < -0.3 is 9.88 Å². The first kappa shape index (κ1) is 14.0. The Balaban J connectivity index is 1.53. The van der Waals surface area contributed by atoms with Gasteiger partial charge in [-0.1, -0.05) is 12.1 Å². The Morgan fingerprint density at radius 2 is 2.05 bits per heavy atom. The van der Waals surface area contributed by atoms with E-state index in [9.17, 15) is 0 Å². The maximum Gasteiger partial charge on any atom is 0.0991 e. The van der Waals surface area contributed by atoms with Crippen LogP contribution in [0.1, 0.15) is 18.1 Å². The number of aromatic nitrogens is 2. The van der Waals surface area contributed by atoms with Crippen LogP contribution in [0.2, 0.25) is 0 Å². The second-order valence-corrected chi connectivity index (χ2v) is 6.03. The third kappa shape index (κ3) is 3.80. The number of nitrogens with zero attached hydrogens (tertiary/aromatic N) is 2. The lowest BCUT2D eigenvalue weighted by atomic mass is 10.1. The first-order valence-electron chi connectivity index (χ1n) is 7.13. The Morgan fingerprint density at radius 3 is 2.71 bits per heavy atom. The largest absolute Gasteiger partial charge is 0.310 e. The second kappa shape index (κ2) is 6.70. The summed E-state index contributed by atoms with van der Waals surface area (Å²) in [5.74, 6) is 0. The first-order valence-corrected chi connectivity index (χ1v) is 8.07. The van der Waals surface area contributed by atoms with E-state index < -0.39 is 0 Å². The number of hydrogen-bond donors (Lipinski definition) is 1. The highest BCUT2D eigenvalue weighted by Gasteiger charge is 2.04. The van der Waals surface area contributed by atoms with Crippen LogP contribution >= 0.6 is 11.3 Å². The standard InChI is InChI=1S/C17H19N3S/c1-14(10-16-6-9-21-12-16)19-11-15-2-4-17(5-3-15)20-8-7-18-13-20/h2-9,12-14,19H,10-11H2,1H3. The summed E-state index contributed by atoms with van der Waals surface area (Å²) in [5.41, 5.74) is 3.86. The van der Waals surface area contributed by atoms with Crippen molar-refractivity contribution in [2.45, 2.75) is 25.9 Å². The summed E-state index contributed by atoms with van der Waals surface area (Å²) in [7, 11) is 0. The van der Waals surface area contributed by atoms with Gasteiger partial charge in [0.2, 0.25) is 0 Å². The lowest BCUT2D eigenvalue weighted by Crippen LogP contribution is -2.27. The summed E-state index contributed by atoms with van der Waals surface area (Å²) in [5, 5.41) is 7.93. The molecule has 0 aliphatic carbocycles. The summed E-state index contributed by atoms with van der Waals surface area (Å²) in [6, 6.07) is 11.3. The van der Waals surface area contributed by atoms with E-state index in [0.29, 0.717) is 6.04 Å². The van der Waals surface area contributed by atoms with Gasteiger partial charge in [-0.3, -0.25) is 0 Å². The number of imidazole rings is 1. The number of thiophene rings is 1. The average Bonchev–Trinajstić information content (AvgIpc) is 3.19. The third-order valence-electron chi connectivity index (χ3n) is 3.52. The number of hydrogen-bond acceptors (Lipinski definition) is 3. The summed E-state index contributed by atoms with van der Waals surface area (Å²) < 4.78 is 2.01. The quantitative estimate of drug-likeness (QED) is 0.752. The topological polar surface area (TPSA) is 29.9 Å². The van der Waals surface area contributed by atoms with Gasteiger partial charge >= 0.3 is 0 Å². The maximum atomic E-state index is 4.07. The summed E-state index contributed by atoms with van der Waals surface area (Å²) in [4.78, 5) is 4.07. The zero-order valence-electron chi connectivity index (χ0n) is 12.1. The Bertz CT molecular complexity index is 642. The maximum absolute atomic E-state index is 4.07. The van der Waals surface area contributed by atoms with Crippen molar-refractivity contribution in [1.82, 2.24) is 14.9 Å². The Morgan fingerprint density at radius 1 is 1.19 bits per heavy atom. The van der Waals surface area contributed by atoms with Crippen molar-refractivity contribution in [3.63, 3.8) is 0 Å². The van der Waals surface area contributed by atoms with E-state index in [4.69, 9.17) is 0 Å². The van der Waals surface area contributed by atoms with Gasteiger partial charge in [0, 0.05) is 30.7 Å². The van der Waals surface area contributed by atoms with Crippen LogP contribution < -0.4 is 5.32 Å². The van der Waals surface area contributed by atoms with Crippen LogP contribution in [0.5, 0.6) is 0 Å². The van der Waals surface area contributed by atoms with Crippen LogP contribution in [0.15, 0.2) is 59.8 Å². The highest BCUT2D eigenvalue weighted by molar-refractivity contribution is 7.07. The molecule has 0 aliphatic heterocycles. The molecule has 0 aliphatic rings. The molecule has 0 spiro atoms. The van der Waals surface area contributed by atoms with Gasteiger partial charge in [-0.05, 0) is 53.4 Å². The molecule has 3 rings (SSSR count). The molecule has 2 aromatic heterocycles. The molecule has 3 aromatic rings. The van der Waals surface area contributed by atoms with Crippen molar-refractivity contribution in [3.8, 4) is 5.69 Å². The summed E-state index contributed by atoms with van der Waals surface area (Å²) in [6.45, 7) is 3.13. The van der Waals surface area contributed by atoms with E-state index in [2.05, 4.69) is 58.3 Å². The molecule has 0 amide bonds.